The summed E-state index contributed by atoms with van der Waals surface area (Å²) in [6, 6.07) is 0. The third-order valence-corrected chi connectivity index (χ3v) is 4.43. The van der Waals surface area contributed by atoms with Crippen LogP contribution in [0.25, 0.3) is 0 Å². The Bertz CT molecular complexity index is 281. The highest BCUT2D eigenvalue weighted by Gasteiger charge is 2.06. The largest absolute Gasteiger partial charge is 0.362 e. The molecule has 4 heteroatoms. The standard InChI is InChI=1S/C15H30N2OS/c1-16-12-13-17(15-16)11-9-7-5-3-4-6-8-10-14-19(2)18/h12-13H,3-11,14-15H2,1-2H3. The first-order valence-corrected chi connectivity index (χ1v) is 9.34. The maximum Gasteiger partial charge on any atom is 0.0890 e. The second-order valence-electron chi connectivity index (χ2n) is 5.61. The molecule has 1 unspecified atom stereocenters. The Morgan fingerprint density at radius 1 is 0.947 bits per heavy atom. The molecule has 0 aromatic rings. The fourth-order valence-corrected chi connectivity index (χ4v) is 3.03. The molecular weight excluding hydrogens is 256 g/mol. The Balaban J connectivity index is 1.76. The van der Waals surface area contributed by atoms with E-state index in [0.29, 0.717) is 0 Å². The van der Waals surface area contributed by atoms with E-state index < -0.39 is 10.8 Å². The zero-order chi connectivity index (χ0) is 13.9. The van der Waals surface area contributed by atoms with E-state index in [4.69, 9.17) is 0 Å². The van der Waals surface area contributed by atoms with Crippen molar-refractivity contribution < 1.29 is 4.21 Å². The maximum atomic E-state index is 10.9. The lowest BCUT2D eigenvalue weighted by Gasteiger charge is -2.17. The van der Waals surface area contributed by atoms with Crippen LogP contribution in [0.15, 0.2) is 12.4 Å². The van der Waals surface area contributed by atoms with Crippen LogP contribution in [0, 0.1) is 0 Å². The first kappa shape index (κ1) is 16.5. The van der Waals surface area contributed by atoms with Crippen LogP contribution in [0.3, 0.4) is 0 Å². The van der Waals surface area contributed by atoms with Crippen molar-refractivity contribution in [3.8, 4) is 0 Å². The molecule has 1 atom stereocenters. The second kappa shape index (κ2) is 10.3. The van der Waals surface area contributed by atoms with Crippen LogP contribution in [-0.2, 0) is 10.8 Å². The van der Waals surface area contributed by atoms with Crippen molar-refractivity contribution in [2.24, 2.45) is 0 Å². The molecule has 1 aliphatic heterocycles. The molecule has 3 nitrogen and oxygen atoms in total. The van der Waals surface area contributed by atoms with Crippen molar-refractivity contribution in [3.05, 3.63) is 12.4 Å². The van der Waals surface area contributed by atoms with Crippen LogP contribution in [0.2, 0.25) is 0 Å². The number of unbranched alkanes of at least 4 members (excludes halogenated alkanes) is 7. The molecule has 0 aliphatic carbocycles. The molecule has 0 N–H and O–H groups in total. The minimum Gasteiger partial charge on any atom is -0.362 e. The molecule has 0 bridgehead atoms. The van der Waals surface area contributed by atoms with Crippen molar-refractivity contribution in [1.29, 1.82) is 0 Å². The van der Waals surface area contributed by atoms with Gasteiger partial charge in [0.2, 0.25) is 0 Å². The summed E-state index contributed by atoms with van der Waals surface area (Å²) in [6.07, 6.45) is 16.6. The van der Waals surface area contributed by atoms with Gasteiger partial charge in [-0.15, -0.1) is 0 Å². The molecule has 0 amide bonds. The Labute approximate surface area is 121 Å². The number of nitrogens with zero attached hydrogens (tertiary/aromatic N) is 2. The fourth-order valence-electron chi connectivity index (χ4n) is 2.42. The minimum absolute atomic E-state index is 0.595. The highest BCUT2D eigenvalue weighted by molar-refractivity contribution is 7.84. The summed E-state index contributed by atoms with van der Waals surface area (Å²) < 4.78 is 10.9. The van der Waals surface area contributed by atoms with Crippen LogP contribution in [0.4, 0.5) is 0 Å². The normalized spacial score (nSPS) is 16.3. The first-order valence-electron chi connectivity index (χ1n) is 7.61. The third-order valence-electron chi connectivity index (χ3n) is 3.56. The van der Waals surface area contributed by atoms with Gasteiger partial charge in [0.1, 0.15) is 0 Å². The molecule has 0 saturated carbocycles. The average Bonchev–Trinajstić information content (AvgIpc) is 2.77. The summed E-state index contributed by atoms with van der Waals surface area (Å²) in [4.78, 5) is 4.59. The molecule has 0 radical (unpaired) electrons. The molecule has 0 fully saturated rings. The van der Waals surface area contributed by atoms with Gasteiger partial charge in [-0.3, -0.25) is 4.21 Å². The summed E-state index contributed by atoms with van der Waals surface area (Å²) in [6.45, 7) is 2.25. The second-order valence-corrected chi connectivity index (χ2v) is 7.17. The van der Waals surface area contributed by atoms with Crippen molar-refractivity contribution >= 4 is 10.8 Å². The number of hydrogen-bond acceptors (Lipinski definition) is 3. The van der Waals surface area contributed by atoms with Crippen molar-refractivity contribution in [3.63, 3.8) is 0 Å². The fraction of sp³-hybridized carbons (Fsp3) is 0.867. The monoisotopic (exact) mass is 286 g/mol. The van der Waals surface area contributed by atoms with Crippen molar-refractivity contribution in [2.45, 2.75) is 51.4 Å². The lowest BCUT2D eigenvalue weighted by atomic mass is 10.1. The average molecular weight is 286 g/mol. The van der Waals surface area contributed by atoms with E-state index in [1.54, 1.807) is 6.26 Å². The third kappa shape index (κ3) is 9.09. The van der Waals surface area contributed by atoms with Crippen LogP contribution in [0.1, 0.15) is 51.4 Å². The predicted molar refractivity (Wildman–Crippen MR) is 84.3 cm³/mol. The van der Waals surface area contributed by atoms with Crippen LogP contribution < -0.4 is 0 Å². The highest BCUT2D eigenvalue weighted by atomic mass is 32.2. The van der Waals surface area contributed by atoms with E-state index in [-0.39, 0.29) is 0 Å². The molecule has 0 aromatic carbocycles. The van der Waals surface area contributed by atoms with E-state index in [0.717, 1.165) is 18.8 Å². The van der Waals surface area contributed by atoms with E-state index in [9.17, 15) is 4.21 Å². The molecule has 1 aliphatic rings. The van der Waals surface area contributed by atoms with Gasteiger partial charge in [0.15, 0.2) is 0 Å². The van der Waals surface area contributed by atoms with E-state index in [1.807, 2.05) is 0 Å². The Hall–Kier alpha value is -0.510. The van der Waals surface area contributed by atoms with Gasteiger partial charge in [-0.25, -0.2) is 0 Å². The maximum absolute atomic E-state index is 10.9. The number of hydrogen-bond donors (Lipinski definition) is 0. The summed E-state index contributed by atoms with van der Waals surface area (Å²) >= 11 is 0. The van der Waals surface area contributed by atoms with Crippen molar-refractivity contribution in [2.75, 3.05) is 32.3 Å². The van der Waals surface area contributed by atoms with Crippen molar-refractivity contribution in [1.82, 2.24) is 9.80 Å². The minimum atomic E-state index is -0.595. The summed E-state index contributed by atoms with van der Waals surface area (Å²) in [5.74, 6) is 0.887. The Morgan fingerprint density at radius 3 is 2.05 bits per heavy atom. The molecule has 112 valence electrons. The molecule has 19 heavy (non-hydrogen) atoms. The topological polar surface area (TPSA) is 23.6 Å². The summed E-state index contributed by atoms with van der Waals surface area (Å²) in [7, 11) is 1.52. The summed E-state index contributed by atoms with van der Waals surface area (Å²) in [5, 5.41) is 0. The molecule has 0 spiro atoms. The van der Waals surface area contributed by atoms with Gasteiger partial charge in [0.05, 0.1) is 6.67 Å². The molecule has 0 aromatic heterocycles. The zero-order valence-corrected chi connectivity index (χ0v) is 13.5. The van der Waals surface area contributed by atoms with E-state index >= 15 is 0 Å². The molecule has 1 rings (SSSR count). The first-order chi connectivity index (χ1) is 9.18. The van der Waals surface area contributed by atoms with Gasteiger partial charge in [-0.2, -0.15) is 0 Å². The zero-order valence-electron chi connectivity index (χ0n) is 12.6. The quantitative estimate of drug-likeness (QED) is 0.545. The lowest BCUT2D eigenvalue weighted by molar-refractivity contribution is 0.290. The van der Waals surface area contributed by atoms with E-state index in [2.05, 4.69) is 29.2 Å². The van der Waals surface area contributed by atoms with Crippen LogP contribution in [0.5, 0.6) is 0 Å². The predicted octanol–water partition coefficient (Wildman–Crippen LogP) is 3.16. The molecule has 0 saturated heterocycles. The molecule has 1 heterocycles. The van der Waals surface area contributed by atoms with Gasteiger partial charge in [-0.05, 0) is 12.8 Å². The SMILES string of the molecule is CN1C=CN(CCCCCCCCCCS(C)=O)C1. The van der Waals surface area contributed by atoms with Gasteiger partial charge >= 0.3 is 0 Å². The van der Waals surface area contributed by atoms with Gasteiger partial charge in [0, 0.05) is 48.8 Å². The van der Waals surface area contributed by atoms with Gasteiger partial charge in [0.25, 0.3) is 0 Å². The smallest absolute Gasteiger partial charge is 0.0890 e. The molecular formula is C15H30N2OS. The Morgan fingerprint density at radius 2 is 1.53 bits per heavy atom. The lowest BCUT2D eigenvalue weighted by Crippen LogP contribution is -2.23. The highest BCUT2D eigenvalue weighted by Crippen LogP contribution is 2.10. The van der Waals surface area contributed by atoms with Crippen LogP contribution >= 0.6 is 0 Å². The Kier molecular flexibility index (Phi) is 8.97. The van der Waals surface area contributed by atoms with Gasteiger partial charge < -0.3 is 9.80 Å². The van der Waals surface area contributed by atoms with Gasteiger partial charge in [-0.1, -0.05) is 38.5 Å². The number of rotatable bonds is 11. The van der Waals surface area contributed by atoms with E-state index in [1.165, 1.54) is 51.5 Å². The summed E-state index contributed by atoms with van der Waals surface area (Å²) in [5.41, 5.74) is 0. The van der Waals surface area contributed by atoms with Crippen LogP contribution in [-0.4, -0.2) is 46.3 Å².